The molecule has 1 aromatic heterocycles. The summed E-state index contributed by atoms with van der Waals surface area (Å²) in [7, 11) is 0. The molecule has 6 nitrogen and oxygen atoms in total. The van der Waals surface area contributed by atoms with E-state index in [1.54, 1.807) is 0 Å². The minimum atomic E-state index is 0.00196. The first-order valence-electron chi connectivity index (χ1n) is 8.58. The average molecular weight is 325 g/mol. The Labute approximate surface area is 141 Å². The fourth-order valence-electron chi connectivity index (χ4n) is 3.91. The quantitative estimate of drug-likeness (QED) is 0.877. The number of carbonyl (C=O) groups is 1. The standard InChI is InChI=1S/C18H23N5O/c1-11-4-5-14(8-12(11)2)19-18(24)23-15-6-7-16(23)10-22-13(3)20-21-17(22)9-15/h4-5,8,15-16H,6-7,9-10H2,1-3H3,(H,19,24). The molecule has 1 aromatic carbocycles. The van der Waals surface area contributed by atoms with Crippen molar-refractivity contribution in [2.24, 2.45) is 0 Å². The number of aromatic nitrogens is 3. The van der Waals surface area contributed by atoms with Gasteiger partial charge in [0.25, 0.3) is 0 Å². The summed E-state index contributed by atoms with van der Waals surface area (Å²) in [6.45, 7) is 6.92. The third kappa shape index (κ3) is 2.46. The minimum absolute atomic E-state index is 0.00196. The first-order chi connectivity index (χ1) is 11.5. The van der Waals surface area contributed by atoms with Gasteiger partial charge in [-0.1, -0.05) is 6.07 Å². The van der Waals surface area contributed by atoms with Gasteiger partial charge in [-0.2, -0.15) is 0 Å². The number of nitrogens with one attached hydrogen (secondary N) is 1. The van der Waals surface area contributed by atoms with Crippen LogP contribution in [-0.2, 0) is 13.0 Å². The van der Waals surface area contributed by atoms with Crippen molar-refractivity contribution in [3.8, 4) is 0 Å². The summed E-state index contributed by atoms with van der Waals surface area (Å²) < 4.78 is 2.17. The van der Waals surface area contributed by atoms with Gasteiger partial charge in [-0.3, -0.25) is 0 Å². The van der Waals surface area contributed by atoms with Crippen LogP contribution in [0.25, 0.3) is 0 Å². The number of benzene rings is 1. The van der Waals surface area contributed by atoms with Crippen molar-refractivity contribution in [2.45, 2.75) is 58.7 Å². The molecule has 0 spiro atoms. The van der Waals surface area contributed by atoms with Gasteiger partial charge in [-0.15, -0.1) is 10.2 Å². The van der Waals surface area contributed by atoms with Crippen LogP contribution in [0.3, 0.4) is 0 Å². The van der Waals surface area contributed by atoms with Crippen LogP contribution in [0.15, 0.2) is 18.2 Å². The molecule has 1 saturated heterocycles. The van der Waals surface area contributed by atoms with Gasteiger partial charge < -0.3 is 14.8 Å². The molecule has 2 atom stereocenters. The molecule has 2 bridgehead atoms. The molecule has 1 fully saturated rings. The monoisotopic (exact) mass is 325 g/mol. The van der Waals surface area contributed by atoms with Crippen molar-refractivity contribution in [2.75, 3.05) is 5.32 Å². The van der Waals surface area contributed by atoms with E-state index in [1.807, 2.05) is 30.0 Å². The van der Waals surface area contributed by atoms with Crippen LogP contribution in [0.2, 0.25) is 0 Å². The summed E-state index contributed by atoms with van der Waals surface area (Å²) in [5.41, 5.74) is 3.28. The zero-order valence-electron chi connectivity index (χ0n) is 14.4. The summed E-state index contributed by atoms with van der Waals surface area (Å²) in [5, 5.41) is 11.6. The van der Waals surface area contributed by atoms with Gasteiger partial charge in [0.05, 0.1) is 6.04 Å². The molecule has 2 unspecified atom stereocenters. The topological polar surface area (TPSA) is 63.1 Å². The van der Waals surface area contributed by atoms with Gasteiger partial charge >= 0.3 is 6.03 Å². The molecule has 4 rings (SSSR count). The molecule has 3 heterocycles. The number of hydrogen-bond acceptors (Lipinski definition) is 3. The minimum Gasteiger partial charge on any atom is -0.316 e. The maximum absolute atomic E-state index is 12.9. The molecule has 24 heavy (non-hydrogen) atoms. The normalized spacial score (nSPS) is 22.2. The Morgan fingerprint density at radius 2 is 1.92 bits per heavy atom. The zero-order valence-corrected chi connectivity index (χ0v) is 14.4. The molecule has 0 aliphatic carbocycles. The lowest BCUT2D eigenvalue weighted by atomic mass is 10.1. The van der Waals surface area contributed by atoms with Gasteiger partial charge in [0, 0.05) is 24.7 Å². The summed E-state index contributed by atoms with van der Waals surface area (Å²) in [4.78, 5) is 14.9. The Morgan fingerprint density at radius 1 is 1.12 bits per heavy atom. The van der Waals surface area contributed by atoms with Crippen molar-refractivity contribution in [1.82, 2.24) is 19.7 Å². The molecule has 2 aliphatic rings. The maximum Gasteiger partial charge on any atom is 0.322 e. The molecular weight excluding hydrogens is 302 g/mol. The molecule has 2 aromatic rings. The van der Waals surface area contributed by atoms with E-state index < -0.39 is 0 Å². The smallest absolute Gasteiger partial charge is 0.316 e. The predicted octanol–water partition coefficient (Wildman–Crippen LogP) is 2.82. The fraction of sp³-hybridized carbons (Fsp3) is 0.500. The van der Waals surface area contributed by atoms with Crippen molar-refractivity contribution >= 4 is 11.7 Å². The maximum atomic E-state index is 12.9. The number of carbonyl (C=O) groups excluding carboxylic acids is 1. The van der Waals surface area contributed by atoms with E-state index in [2.05, 4.69) is 33.9 Å². The number of urea groups is 1. The molecule has 6 heteroatoms. The highest BCUT2D eigenvalue weighted by atomic mass is 16.2. The second-order valence-corrected chi connectivity index (χ2v) is 7.00. The lowest BCUT2D eigenvalue weighted by molar-refractivity contribution is 0.184. The highest BCUT2D eigenvalue weighted by Crippen LogP contribution is 2.32. The van der Waals surface area contributed by atoms with Crippen molar-refractivity contribution < 1.29 is 4.79 Å². The SMILES string of the molecule is Cc1ccc(NC(=O)N2C3CCC2Cn2c(C)nnc2C3)cc1C. The molecule has 1 N–H and O–H groups in total. The van der Waals surface area contributed by atoms with E-state index in [1.165, 1.54) is 11.1 Å². The lowest BCUT2D eigenvalue weighted by Crippen LogP contribution is -2.44. The van der Waals surface area contributed by atoms with Gasteiger partial charge in [0.15, 0.2) is 0 Å². The second kappa shape index (κ2) is 5.61. The Balaban J connectivity index is 1.56. The van der Waals surface area contributed by atoms with Crippen molar-refractivity contribution in [3.05, 3.63) is 41.0 Å². The molecule has 2 amide bonds. The first kappa shape index (κ1) is 15.2. The zero-order chi connectivity index (χ0) is 16.8. The molecular formula is C18H23N5O. The van der Waals surface area contributed by atoms with E-state index in [9.17, 15) is 4.79 Å². The molecule has 2 aliphatic heterocycles. The highest BCUT2D eigenvalue weighted by Gasteiger charge is 2.40. The number of rotatable bonds is 1. The van der Waals surface area contributed by atoms with Gasteiger partial charge in [-0.05, 0) is 56.9 Å². The fourth-order valence-corrected chi connectivity index (χ4v) is 3.91. The van der Waals surface area contributed by atoms with Gasteiger partial charge in [-0.25, -0.2) is 4.79 Å². The Bertz CT molecular complexity index is 797. The van der Waals surface area contributed by atoms with E-state index in [0.717, 1.165) is 43.1 Å². The first-order valence-corrected chi connectivity index (χ1v) is 8.58. The van der Waals surface area contributed by atoms with Crippen molar-refractivity contribution in [1.29, 1.82) is 0 Å². The third-order valence-electron chi connectivity index (χ3n) is 5.44. The average Bonchev–Trinajstić information content (AvgIpc) is 3.02. The van der Waals surface area contributed by atoms with Crippen molar-refractivity contribution in [3.63, 3.8) is 0 Å². The lowest BCUT2D eigenvalue weighted by Gasteiger charge is -2.28. The number of amides is 2. The summed E-state index contributed by atoms with van der Waals surface area (Å²) >= 11 is 0. The van der Waals surface area contributed by atoms with Crippen LogP contribution in [0.5, 0.6) is 0 Å². The highest BCUT2D eigenvalue weighted by molar-refractivity contribution is 5.90. The summed E-state index contributed by atoms with van der Waals surface area (Å²) in [6.07, 6.45) is 2.87. The number of anilines is 1. The predicted molar refractivity (Wildman–Crippen MR) is 92.0 cm³/mol. The number of aryl methyl sites for hydroxylation is 3. The summed E-state index contributed by atoms with van der Waals surface area (Å²) in [5.74, 6) is 1.94. The van der Waals surface area contributed by atoms with Crippen LogP contribution in [0, 0.1) is 20.8 Å². The molecule has 126 valence electrons. The summed E-state index contributed by atoms with van der Waals surface area (Å²) in [6, 6.07) is 6.49. The largest absolute Gasteiger partial charge is 0.322 e. The second-order valence-electron chi connectivity index (χ2n) is 7.00. The number of hydrogen-bond donors (Lipinski definition) is 1. The van der Waals surface area contributed by atoms with E-state index >= 15 is 0 Å². The van der Waals surface area contributed by atoms with Crippen LogP contribution in [0.4, 0.5) is 10.5 Å². The van der Waals surface area contributed by atoms with Crippen LogP contribution in [-0.4, -0.2) is 37.8 Å². The van der Waals surface area contributed by atoms with E-state index in [4.69, 9.17) is 0 Å². The number of nitrogens with zero attached hydrogens (tertiary/aromatic N) is 4. The van der Waals surface area contributed by atoms with Gasteiger partial charge in [0.1, 0.15) is 11.6 Å². The Kier molecular flexibility index (Phi) is 3.55. The third-order valence-corrected chi connectivity index (χ3v) is 5.44. The molecule has 0 radical (unpaired) electrons. The number of fused-ring (bicyclic) bond motifs is 3. The van der Waals surface area contributed by atoms with Crippen LogP contribution < -0.4 is 5.32 Å². The van der Waals surface area contributed by atoms with E-state index in [-0.39, 0.29) is 18.1 Å². The van der Waals surface area contributed by atoms with E-state index in [0.29, 0.717) is 0 Å². The molecule has 0 saturated carbocycles. The Morgan fingerprint density at radius 3 is 2.71 bits per heavy atom. The van der Waals surface area contributed by atoms with Gasteiger partial charge in [0.2, 0.25) is 0 Å². The Hall–Kier alpha value is -2.37. The van der Waals surface area contributed by atoms with Crippen LogP contribution >= 0.6 is 0 Å². The van der Waals surface area contributed by atoms with Crippen LogP contribution in [0.1, 0.15) is 35.6 Å².